The number of nitrogens with zero attached hydrogens (tertiary/aromatic N) is 4. The number of carbonyl (C=O) groups is 1. The highest BCUT2D eigenvalue weighted by Crippen LogP contribution is 2.38. The number of amides is 2. The van der Waals surface area contributed by atoms with Crippen LogP contribution in [0.3, 0.4) is 0 Å². The van der Waals surface area contributed by atoms with Gasteiger partial charge in [0.15, 0.2) is 0 Å². The molecule has 3 atom stereocenters. The number of ether oxygens (including phenoxy) is 1. The molecule has 1 aromatic heterocycles. The minimum absolute atomic E-state index is 0.233. The van der Waals surface area contributed by atoms with Crippen LogP contribution >= 0.6 is 0 Å². The number of aromatic nitrogens is 1. The first kappa shape index (κ1) is 38.9. The number of benzene rings is 2. The molecule has 3 aromatic rings. The minimum Gasteiger partial charge on any atom is -0.484 e. The molecule has 11 nitrogen and oxygen atoms in total. The van der Waals surface area contributed by atoms with Gasteiger partial charge in [-0.25, -0.2) is 9.79 Å². The second-order valence-electron chi connectivity index (χ2n) is 16.2. The van der Waals surface area contributed by atoms with E-state index in [2.05, 4.69) is 39.5 Å². The monoisotopic (exact) mass is 733 g/mol. The molecule has 2 aromatic carbocycles. The molecular weight excluding hydrogens is 675 g/mol. The predicted octanol–water partition coefficient (Wildman–Crippen LogP) is 8.09. The number of likely N-dealkylation sites (tertiary alicyclic amines) is 2. The lowest BCUT2D eigenvalue weighted by Crippen LogP contribution is -2.47. The van der Waals surface area contributed by atoms with E-state index in [1.807, 2.05) is 57.2 Å². The van der Waals surface area contributed by atoms with Gasteiger partial charge in [-0.15, -0.1) is 0 Å². The summed E-state index contributed by atoms with van der Waals surface area (Å²) in [5.41, 5.74) is 4.35. The molecule has 3 aliphatic rings. The third-order valence-electron chi connectivity index (χ3n) is 11.1. The molecule has 2 fully saturated rings. The van der Waals surface area contributed by atoms with Crippen LogP contribution in [-0.4, -0.2) is 70.1 Å². The molecule has 288 valence electrons. The molecule has 3 unspecified atom stereocenters. The third-order valence-corrected chi connectivity index (χ3v) is 11.1. The van der Waals surface area contributed by atoms with Crippen LogP contribution in [0.15, 0.2) is 71.9 Å². The lowest BCUT2D eigenvalue weighted by molar-refractivity contribution is 0.170. The van der Waals surface area contributed by atoms with E-state index < -0.39 is 0 Å². The smallest absolute Gasteiger partial charge is 0.320 e. The highest BCUT2D eigenvalue weighted by atomic mass is 16.5. The maximum Gasteiger partial charge on any atom is 0.320 e. The van der Waals surface area contributed by atoms with Crippen molar-refractivity contribution >= 4 is 29.2 Å². The Morgan fingerprint density at radius 3 is 2.43 bits per heavy atom. The molecule has 54 heavy (non-hydrogen) atoms. The summed E-state index contributed by atoms with van der Waals surface area (Å²) in [5.74, 6) is 1.35. The van der Waals surface area contributed by atoms with E-state index in [4.69, 9.17) is 26.0 Å². The lowest BCUT2D eigenvalue weighted by atomic mass is 9.85. The first-order valence-corrected chi connectivity index (χ1v) is 19.9. The molecule has 2 saturated heterocycles. The zero-order valence-electron chi connectivity index (χ0n) is 32.6. The summed E-state index contributed by atoms with van der Waals surface area (Å²) >= 11 is 0. The molecule has 11 heteroatoms. The zero-order valence-corrected chi connectivity index (χ0v) is 32.6. The van der Waals surface area contributed by atoms with Gasteiger partial charge in [-0.05, 0) is 118 Å². The second-order valence-corrected chi connectivity index (χ2v) is 16.2. The summed E-state index contributed by atoms with van der Waals surface area (Å²) in [6, 6.07) is 19.4. The summed E-state index contributed by atoms with van der Waals surface area (Å²) in [7, 11) is 0. The summed E-state index contributed by atoms with van der Waals surface area (Å²) in [6.07, 6.45) is 11.1. The Morgan fingerprint density at radius 2 is 1.67 bits per heavy atom. The highest BCUT2D eigenvalue weighted by molar-refractivity contribution is 6.09. The van der Waals surface area contributed by atoms with Crippen molar-refractivity contribution in [3.05, 3.63) is 89.0 Å². The van der Waals surface area contributed by atoms with Gasteiger partial charge >= 0.3 is 6.03 Å². The van der Waals surface area contributed by atoms with Crippen LogP contribution < -0.4 is 20.9 Å². The maximum atomic E-state index is 13.7. The van der Waals surface area contributed by atoms with Crippen LogP contribution in [0.1, 0.15) is 114 Å². The average molecular weight is 734 g/mol. The molecule has 0 saturated carbocycles. The van der Waals surface area contributed by atoms with Crippen LogP contribution in [-0.2, 0) is 6.42 Å². The molecular formula is C43H59N9O2. The van der Waals surface area contributed by atoms with Crippen molar-refractivity contribution in [2.75, 3.05) is 26.2 Å². The largest absolute Gasteiger partial charge is 0.484 e. The number of nitrogens with one attached hydrogen (secondary N) is 5. The van der Waals surface area contributed by atoms with Crippen molar-refractivity contribution in [3.8, 4) is 5.75 Å². The van der Waals surface area contributed by atoms with E-state index in [-0.39, 0.29) is 41.5 Å². The van der Waals surface area contributed by atoms with E-state index in [1.54, 1.807) is 22.9 Å². The number of piperidine rings is 2. The number of hydrogen-bond donors (Lipinski definition) is 5. The van der Waals surface area contributed by atoms with Crippen molar-refractivity contribution < 1.29 is 9.53 Å². The third kappa shape index (κ3) is 10.0. The lowest BCUT2D eigenvalue weighted by Gasteiger charge is -2.36. The molecule has 0 spiro atoms. The van der Waals surface area contributed by atoms with E-state index in [1.165, 1.54) is 37.9 Å². The molecule has 3 heterocycles. The fourth-order valence-electron chi connectivity index (χ4n) is 7.74. The van der Waals surface area contributed by atoms with Crippen molar-refractivity contribution in [2.45, 2.75) is 110 Å². The minimum atomic E-state index is -0.362. The van der Waals surface area contributed by atoms with Crippen molar-refractivity contribution in [3.63, 3.8) is 0 Å². The Labute approximate surface area is 320 Å². The normalized spacial score (nSPS) is 20.9. The second kappa shape index (κ2) is 17.6. The van der Waals surface area contributed by atoms with Crippen molar-refractivity contribution in [1.29, 1.82) is 16.2 Å². The molecule has 0 bridgehead atoms. The van der Waals surface area contributed by atoms with Crippen LogP contribution in [0, 0.1) is 21.6 Å². The molecule has 2 aliphatic heterocycles. The van der Waals surface area contributed by atoms with Gasteiger partial charge in [-0.2, -0.15) is 0 Å². The van der Waals surface area contributed by atoms with Crippen molar-refractivity contribution in [2.24, 2.45) is 10.4 Å². The number of carbonyl (C=O) groups excluding carboxylic acids is 1. The quantitative estimate of drug-likeness (QED) is 0.112. The number of hydrogen-bond acceptors (Lipinski definition) is 7. The van der Waals surface area contributed by atoms with Crippen LogP contribution in [0.2, 0.25) is 0 Å². The summed E-state index contributed by atoms with van der Waals surface area (Å²) in [6.45, 7) is 12.3. The standard InChI is InChI=1S/C43H59N9O2/c1-30-13-8-11-25-51(30)41(46)52-29-33(18-21-39(52)45)54-37-20-19-36(34-16-6-7-17-35(34)37)48-42(53)49-40(28-38(44)43(2,3)4)47-32-15-12-14-31(27-32)22-26-50-23-9-5-10-24-50/h6-7,12,14-18,21,27,29-30,36-37,44-46H,5,8-11,13,19-20,22-26,28H2,1-4H3,(H2,47,48,49,53). The van der Waals surface area contributed by atoms with Gasteiger partial charge < -0.3 is 25.3 Å². The first-order valence-electron chi connectivity index (χ1n) is 19.9. The summed E-state index contributed by atoms with van der Waals surface area (Å²) in [4.78, 5) is 23.2. The number of amidine groups is 1. The van der Waals surface area contributed by atoms with E-state index in [0.29, 0.717) is 36.1 Å². The van der Waals surface area contributed by atoms with E-state index >= 15 is 0 Å². The number of rotatable bonds is 9. The van der Waals surface area contributed by atoms with Gasteiger partial charge in [0.2, 0.25) is 5.96 Å². The highest BCUT2D eigenvalue weighted by Gasteiger charge is 2.30. The van der Waals surface area contributed by atoms with Gasteiger partial charge in [0.05, 0.1) is 17.9 Å². The molecule has 2 amide bonds. The van der Waals surface area contributed by atoms with Gasteiger partial charge in [-0.1, -0.05) is 63.6 Å². The topological polar surface area (TPSA) is 146 Å². The summed E-state index contributed by atoms with van der Waals surface area (Å²) < 4.78 is 8.17. The van der Waals surface area contributed by atoms with Gasteiger partial charge in [0, 0.05) is 31.3 Å². The summed E-state index contributed by atoms with van der Waals surface area (Å²) in [5, 5.41) is 32.4. The van der Waals surface area contributed by atoms with Crippen molar-refractivity contribution in [1.82, 2.24) is 25.0 Å². The van der Waals surface area contributed by atoms with Gasteiger partial charge in [0.25, 0.3) is 0 Å². The Kier molecular flexibility index (Phi) is 12.7. The molecule has 5 N–H and O–H groups in total. The Morgan fingerprint density at radius 1 is 0.907 bits per heavy atom. The number of pyridine rings is 1. The average Bonchev–Trinajstić information content (AvgIpc) is 3.16. The maximum absolute atomic E-state index is 13.7. The Hall–Kier alpha value is -4.77. The molecule has 0 radical (unpaired) electrons. The predicted molar refractivity (Wildman–Crippen MR) is 216 cm³/mol. The molecule has 1 aliphatic carbocycles. The van der Waals surface area contributed by atoms with Crippen LogP contribution in [0.4, 0.5) is 10.5 Å². The van der Waals surface area contributed by atoms with Gasteiger partial charge in [0.1, 0.15) is 23.2 Å². The number of urea groups is 1. The fraction of sp³-hybridized carbons (Fsp3) is 0.512. The van der Waals surface area contributed by atoms with Crippen LogP contribution in [0.25, 0.3) is 0 Å². The van der Waals surface area contributed by atoms with Crippen LogP contribution in [0.5, 0.6) is 5.75 Å². The fourth-order valence-corrected chi connectivity index (χ4v) is 7.74. The van der Waals surface area contributed by atoms with Gasteiger partial charge in [-0.3, -0.25) is 20.7 Å². The zero-order chi connectivity index (χ0) is 38.2. The SMILES string of the molecule is CC1CCCCN1C(=N)n1cc(OC2CCC(NC(=O)NC(CC(=N)C(C)(C)C)=Nc3cccc(CCN4CCCCC4)c3)c3ccccc32)ccc1=N. The van der Waals surface area contributed by atoms with E-state index in [0.717, 1.165) is 55.6 Å². The number of aliphatic imine (C=N–C) groups is 1. The first-order chi connectivity index (χ1) is 25.9. The Balaban J connectivity index is 1.14. The number of fused-ring (bicyclic) bond motifs is 1. The molecule has 6 rings (SSSR count). The Bertz CT molecular complexity index is 1890. The van der Waals surface area contributed by atoms with E-state index in [9.17, 15) is 4.79 Å².